The van der Waals surface area contributed by atoms with Crippen LogP contribution in [0.3, 0.4) is 0 Å². The maximum absolute atomic E-state index is 13.4. The molecular weight excluding hydrogens is 382 g/mol. The zero-order valence-corrected chi connectivity index (χ0v) is 19.3. The number of rotatable bonds is 11. The highest BCUT2D eigenvalue weighted by Crippen LogP contribution is 2.35. The van der Waals surface area contributed by atoms with Gasteiger partial charge in [0.25, 0.3) is 5.91 Å². The van der Waals surface area contributed by atoms with E-state index < -0.39 is 6.04 Å². The number of carbonyl (C=O) groups excluding carboxylic acids is 2. The van der Waals surface area contributed by atoms with Gasteiger partial charge in [0.05, 0.1) is 12.0 Å². The van der Waals surface area contributed by atoms with E-state index in [1.165, 1.54) is 24.8 Å². The molecule has 4 nitrogen and oxygen atoms in total. The summed E-state index contributed by atoms with van der Waals surface area (Å²) in [6.45, 7) is 9.01. The number of nitrogens with zero attached hydrogens (tertiary/aromatic N) is 1. The number of aryl methyl sites for hydroxylation is 1. The molecule has 5 heteroatoms. The second kappa shape index (κ2) is 12.3. The van der Waals surface area contributed by atoms with Crippen molar-refractivity contribution in [3.05, 3.63) is 35.4 Å². The summed E-state index contributed by atoms with van der Waals surface area (Å²) in [7, 11) is 0. The van der Waals surface area contributed by atoms with E-state index in [1.807, 2.05) is 12.1 Å². The minimum Gasteiger partial charge on any atom is -0.464 e. The summed E-state index contributed by atoms with van der Waals surface area (Å²) >= 11 is 1.70. The first kappa shape index (κ1) is 23.8. The summed E-state index contributed by atoms with van der Waals surface area (Å²) in [5.41, 5.74) is 1.92. The third-order valence-corrected chi connectivity index (χ3v) is 6.60. The van der Waals surface area contributed by atoms with Crippen molar-refractivity contribution in [2.75, 3.05) is 12.4 Å². The van der Waals surface area contributed by atoms with Crippen molar-refractivity contribution in [1.29, 1.82) is 0 Å². The molecule has 0 N–H and O–H groups in total. The Kier molecular flexibility index (Phi) is 10.1. The molecule has 0 spiro atoms. The minimum absolute atomic E-state index is 0.0236. The molecule has 162 valence electrons. The van der Waals surface area contributed by atoms with E-state index in [0.29, 0.717) is 23.8 Å². The van der Waals surface area contributed by atoms with Crippen molar-refractivity contribution in [3.63, 3.8) is 0 Å². The van der Waals surface area contributed by atoms with Gasteiger partial charge in [0, 0.05) is 11.3 Å². The molecule has 0 bridgehead atoms. The van der Waals surface area contributed by atoms with Crippen molar-refractivity contribution in [2.45, 2.75) is 84.1 Å². The lowest BCUT2D eigenvalue weighted by atomic mass is 10.0. The number of hydrogen-bond donors (Lipinski definition) is 0. The second-order valence-electron chi connectivity index (χ2n) is 8.32. The highest BCUT2D eigenvalue weighted by atomic mass is 32.2. The molecule has 1 aromatic carbocycles. The van der Waals surface area contributed by atoms with Gasteiger partial charge in [0.15, 0.2) is 0 Å². The Morgan fingerprint density at radius 3 is 2.41 bits per heavy atom. The van der Waals surface area contributed by atoms with Gasteiger partial charge >= 0.3 is 5.97 Å². The first-order valence-corrected chi connectivity index (χ1v) is 12.2. The Hall–Kier alpha value is -1.49. The molecule has 1 saturated heterocycles. The number of amides is 1. The SMILES string of the molecule is CCCCCc1ccc(C(=O)N2C(CC(C)C)SCC2C(=O)OCCCC)cc1. The summed E-state index contributed by atoms with van der Waals surface area (Å²) in [4.78, 5) is 27.8. The van der Waals surface area contributed by atoms with Crippen LogP contribution in [0.25, 0.3) is 0 Å². The number of benzene rings is 1. The third kappa shape index (κ3) is 7.06. The highest BCUT2D eigenvalue weighted by Gasteiger charge is 2.42. The van der Waals surface area contributed by atoms with E-state index >= 15 is 0 Å². The average molecular weight is 420 g/mol. The Morgan fingerprint density at radius 1 is 1.10 bits per heavy atom. The quantitative estimate of drug-likeness (QED) is 0.341. The van der Waals surface area contributed by atoms with Gasteiger partial charge in [-0.05, 0) is 49.3 Å². The molecule has 1 aliphatic rings. The monoisotopic (exact) mass is 419 g/mol. The molecule has 1 aliphatic heterocycles. The number of carbonyl (C=O) groups is 2. The lowest BCUT2D eigenvalue weighted by Crippen LogP contribution is -2.46. The Labute approximate surface area is 180 Å². The van der Waals surface area contributed by atoms with Crippen LogP contribution in [0.4, 0.5) is 0 Å². The number of hydrogen-bond acceptors (Lipinski definition) is 4. The van der Waals surface area contributed by atoms with Gasteiger partial charge in [0.1, 0.15) is 6.04 Å². The molecular formula is C24H37NO3S. The van der Waals surface area contributed by atoms with Crippen LogP contribution in [-0.2, 0) is 16.0 Å². The Balaban J connectivity index is 2.12. The minimum atomic E-state index is -0.489. The number of esters is 1. The molecule has 1 heterocycles. The molecule has 2 unspecified atom stereocenters. The lowest BCUT2D eigenvalue weighted by molar-refractivity contribution is -0.148. The van der Waals surface area contributed by atoms with E-state index in [0.717, 1.165) is 25.7 Å². The van der Waals surface area contributed by atoms with E-state index in [1.54, 1.807) is 16.7 Å². The molecule has 0 aromatic heterocycles. The summed E-state index contributed by atoms with van der Waals surface area (Å²) in [5, 5.41) is 0.0236. The van der Waals surface area contributed by atoms with Crippen LogP contribution in [0, 0.1) is 5.92 Å². The molecule has 1 amide bonds. The Bertz CT molecular complexity index is 644. The first-order chi connectivity index (χ1) is 14.0. The van der Waals surface area contributed by atoms with E-state index in [2.05, 4.69) is 39.8 Å². The standard InChI is InChI=1S/C24H37NO3S/c1-5-7-9-10-19-11-13-20(14-12-19)23(26)25-21(24(27)28-15-8-6-2)17-29-22(25)16-18(3)4/h11-14,18,21-22H,5-10,15-17H2,1-4H3. The highest BCUT2D eigenvalue weighted by molar-refractivity contribution is 8.00. The molecule has 0 aliphatic carbocycles. The number of unbranched alkanes of at least 4 members (excludes halogenated alkanes) is 3. The molecule has 2 rings (SSSR count). The number of thioether (sulfide) groups is 1. The predicted octanol–water partition coefficient (Wildman–Crippen LogP) is 5.69. The van der Waals surface area contributed by atoms with Gasteiger partial charge in [-0.25, -0.2) is 4.79 Å². The maximum atomic E-state index is 13.4. The van der Waals surface area contributed by atoms with Crippen LogP contribution in [0.15, 0.2) is 24.3 Å². The molecule has 29 heavy (non-hydrogen) atoms. The van der Waals surface area contributed by atoms with Crippen LogP contribution in [0.5, 0.6) is 0 Å². The fourth-order valence-electron chi connectivity index (χ4n) is 3.56. The lowest BCUT2D eigenvalue weighted by Gasteiger charge is -2.29. The zero-order chi connectivity index (χ0) is 21.2. The van der Waals surface area contributed by atoms with Crippen LogP contribution < -0.4 is 0 Å². The summed E-state index contributed by atoms with van der Waals surface area (Å²) in [6.07, 6.45) is 7.37. The van der Waals surface area contributed by atoms with Crippen molar-refractivity contribution < 1.29 is 14.3 Å². The van der Waals surface area contributed by atoms with Crippen LogP contribution in [0.2, 0.25) is 0 Å². The topological polar surface area (TPSA) is 46.6 Å². The molecule has 0 saturated carbocycles. The Morgan fingerprint density at radius 2 is 1.79 bits per heavy atom. The first-order valence-electron chi connectivity index (χ1n) is 11.2. The van der Waals surface area contributed by atoms with Crippen LogP contribution in [-0.4, -0.2) is 40.6 Å². The van der Waals surface area contributed by atoms with Gasteiger partial charge in [0.2, 0.25) is 0 Å². The van der Waals surface area contributed by atoms with E-state index in [9.17, 15) is 9.59 Å². The van der Waals surface area contributed by atoms with Crippen molar-refractivity contribution in [3.8, 4) is 0 Å². The van der Waals surface area contributed by atoms with Crippen LogP contribution >= 0.6 is 11.8 Å². The molecule has 2 atom stereocenters. The van der Waals surface area contributed by atoms with Gasteiger partial charge in [-0.1, -0.05) is 59.1 Å². The smallest absolute Gasteiger partial charge is 0.329 e. The van der Waals surface area contributed by atoms with E-state index in [4.69, 9.17) is 4.74 Å². The second-order valence-corrected chi connectivity index (χ2v) is 9.53. The van der Waals surface area contributed by atoms with Crippen molar-refractivity contribution in [1.82, 2.24) is 4.90 Å². The zero-order valence-electron chi connectivity index (χ0n) is 18.5. The van der Waals surface area contributed by atoms with E-state index in [-0.39, 0.29) is 17.3 Å². The van der Waals surface area contributed by atoms with Crippen molar-refractivity contribution in [2.24, 2.45) is 5.92 Å². The third-order valence-electron chi connectivity index (χ3n) is 5.28. The van der Waals surface area contributed by atoms with Gasteiger partial charge in [-0.2, -0.15) is 0 Å². The largest absolute Gasteiger partial charge is 0.464 e. The fraction of sp³-hybridized carbons (Fsp3) is 0.667. The predicted molar refractivity (Wildman–Crippen MR) is 121 cm³/mol. The van der Waals surface area contributed by atoms with Crippen LogP contribution in [0.1, 0.15) is 82.1 Å². The number of ether oxygens (including phenoxy) is 1. The fourth-order valence-corrected chi connectivity index (χ4v) is 5.18. The molecule has 0 radical (unpaired) electrons. The summed E-state index contributed by atoms with van der Waals surface area (Å²) < 4.78 is 5.46. The molecule has 1 fully saturated rings. The molecule has 1 aromatic rings. The average Bonchev–Trinajstić information content (AvgIpc) is 3.11. The van der Waals surface area contributed by atoms with Gasteiger partial charge in [-0.15, -0.1) is 11.8 Å². The summed E-state index contributed by atoms with van der Waals surface area (Å²) in [5.74, 6) is 0.752. The summed E-state index contributed by atoms with van der Waals surface area (Å²) in [6, 6.07) is 7.45. The van der Waals surface area contributed by atoms with Gasteiger partial charge in [-0.3, -0.25) is 4.79 Å². The normalized spacial score (nSPS) is 19.0. The van der Waals surface area contributed by atoms with Gasteiger partial charge < -0.3 is 9.64 Å². The maximum Gasteiger partial charge on any atom is 0.329 e. The van der Waals surface area contributed by atoms with Crippen molar-refractivity contribution >= 4 is 23.6 Å².